The van der Waals surface area contributed by atoms with Crippen molar-refractivity contribution < 1.29 is 20.2 Å². The zero-order valence-electron chi connectivity index (χ0n) is 10.1. The van der Waals surface area contributed by atoms with Gasteiger partial charge < -0.3 is 20.2 Å². The highest BCUT2D eigenvalue weighted by Gasteiger charge is 2.58. The third-order valence-electron chi connectivity index (χ3n) is 2.43. The fraction of sp³-hybridized carbons (Fsp3) is 1.00. The summed E-state index contributed by atoms with van der Waals surface area (Å²) in [5.41, 5.74) is 31.0. The van der Waals surface area contributed by atoms with Crippen LogP contribution in [-0.4, -0.2) is 40.6 Å². The van der Waals surface area contributed by atoms with Gasteiger partial charge in [0.15, 0.2) is 0 Å². The summed E-state index contributed by atoms with van der Waals surface area (Å²) in [6, 6.07) is 0. The van der Waals surface area contributed by atoms with E-state index in [1.54, 1.807) is 0 Å². The summed E-state index contributed by atoms with van der Waals surface area (Å²) in [4.78, 5) is 13.3. The molecule has 16 nitrogen and oxygen atoms in total. The fourth-order valence-corrected chi connectivity index (χ4v) is 1.29. The monoisotopic (exact) mass is 300 g/mol. The van der Waals surface area contributed by atoms with Crippen LogP contribution in [0.4, 0.5) is 0 Å². The first kappa shape index (κ1) is 17.9. The van der Waals surface area contributed by atoms with E-state index in [-0.39, 0.29) is 0 Å². The van der Waals surface area contributed by atoms with Crippen LogP contribution >= 0.6 is 0 Å². The lowest BCUT2D eigenvalue weighted by molar-refractivity contribution is -0.204. The first-order valence-electron chi connectivity index (χ1n) is 4.83. The minimum absolute atomic E-state index is 1.23. The third-order valence-corrected chi connectivity index (χ3v) is 2.43. The Hall–Kier alpha value is -3.08. The second-order valence-corrected chi connectivity index (χ2v) is 3.30. The maximum absolute atomic E-state index is 9.73. The van der Waals surface area contributed by atoms with Gasteiger partial charge in [-0.3, -0.25) is 0 Å². The lowest BCUT2D eigenvalue weighted by atomic mass is 9.82. The number of nitrogens with zero attached hydrogens (tertiary/aromatic N) is 12. The highest BCUT2D eigenvalue weighted by molar-refractivity contribution is 5.01. The predicted molar refractivity (Wildman–Crippen MR) is 63.0 cm³/mol. The highest BCUT2D eigenvalue weighted by Crippen LogP contribution is 2.41. The van der Waals surface area contributed by atoms with Crippen LogP contribution in [-0.2, 0) is 4.84 Å². The van der Waals surface area contributed by atoms with Crippen molar-refractivity contribution in [3.05, 3.63) is 41.8 Å². The van der Waals surface area contributed by atoms with Crippen molar-refractivity contribution >= 4 is 0 Å². The molecule has 0 rings (SSSR count). The van der Waals surface area contributed by atoms with Crippen LogP contribution in [0.2, 0.25) is 0 Å². The summed E-state index contributed by atoms with van der Waals surface area (Å²) in [6.07, 6.45) is -2.26. The van der Waals surface area contributed by atoms with Crippen molar-refractivity contribution in [3.8, 4) is 0 Å². The molecule has 0 saturated heterocycles. The van der Waals surface area contributed by atoms with Gasteiger partial charge in [0.2, 0.25) is 0 Å². The van der Waals surface area contributed by atoms with Crippen LogP contribution in [0.5, 0.6) is 0 Å². The Morgan fingerprint density at radius 2 is 1.48 bits per heavy atom. The highest BCUT2D eigenvalue weighted by atomic mass is 16.7. The molecule has 0 aliphatic carbocycles. The van der Waals surface area contributed by atoms with E-state index in [1.807, 2.05) is 0 Å². The van der Waals surface area contributed by atoms with Crippen molar-refractivity contribution in [2.24, 2.45) is 26.0 Å². The topological polar surface area (TPSA) is 265 Å². The predicted octanol–water partition coefficient (Wildman–Crippen LogP) is 1.10. The molecule has 0 aromatic heterocycles. The third kappa shape index (κ3) is 3.27. The van der Waals surface area contributed by atoms with E-state index in [9.17, 15) is 15.3 Å². The van der Waals surface area contributed by atoms with Crippen LogP contribution in [0.25, 0.3) is 41.8 Å². The van der Waals surface area contributed by atoms with Crippen LogP contribution in [0, 0.1) is 5.41 Å². The molecule has 0 fully saturated rings. The van der Waals surface area contributed by atoms with Crippen molar-refractivity contribution in [3.63, 3.8) is 0 Å². The second kappa shape index (κ2) is 8.16. The maximum Gasteiger partial charge on any atom is 0.286 e. The molecular formula is C5H8N12O4. The van der Waals surface area contributed by atoms with E-state index in [4.69, 9.17) is 22.1 Å². The average molecular weight is 300 g/mol. The van der Waals surface area contributed by atoms with Gasteiger partial charge in [0.1, 0.15) is 16.9 Å². The molecule has 0 amide bonds. The van der Waals surface area contributed by atoms with E-state index < -0.39 is 30.7 Å². The normalized spacial score (nSPS) is 14.0. The fourth-order valence-electron chi connectivity index (χ4n) is 1.29. The number of aliphatic hydroxyl groups is 3. The van der Waals surface area contributed by atoms with Crippen LogP contribution in [0.3, 0.4) is 0 Å². The molecule has 1 unspecified atom stereocenters. The van der Waals surface area contributed by atoms with E-state index in [0.29, 0.717) is 0 Å². The van der Waals surface area contributed by atoms with Gasteiger partial charge in [-0.05, 0) is 32.4 Å². The summed E-state index contributed by atoms with van der Waals surface area (Å²) in [6.45, 7) is -2.47. The molecule has 0 aromatic rings. The minimum Gasteiger partial charge on any atom is -0.413 e. The molecule has 0 bridgehead atoms. The summed E-state index contributed by atoms with van der Waals surface area (Å²) in [5, 5.41) is 39.7. The standard InChI is InChI=1S/C5H8N12O4/c6-13-10-3(20)4(1-18,2-19)5(11-14-7,12-15-8)21-17-16-9/h3,18-20H,1-2H2. The molecule has 16 heteroatoms. The van der Waals surface area contributed by atoms with Gasteiger partial charge >= 0.3 is 0 Å². The van der Waals surface area contributed by atoms with Crippen molar-refractivity contribution in [2.45, 2.75) is 12.1 Å². The Morgan fingerprint density at radius 1 is 0.952 bits per heavy atom. The van der Waals surface area contributed by atoms with Gasteiger partial charge in [-0.15, -0.1) is 0 Å². The van der Waals surface area contributed by atoms with Crippen molar-refractivity contribution in [1.29, 1.82) is 0 Å². The molecular weight excluding hydrogens is 292 g/mol. The molecule has 112 valence electrons. The molecule has 0 aliphatic heterocycles. The molecule has 21 heavy (non-hydrogen) atoms. The SMILES string of the molecule is [N-]=[N+]=NOC(N=[N+]=[N-])(N=[N+]=[N-])C(CO)(CO)C(O)N=[N+]=[N-]. The number of rotatable bonds is 9. The molecule has 0 radical (unpaired) electrons. The number of azide groups is 3. The zero-order valence-corrected chi connectivity index (χ0v) is 10.1. The molecule has 0 saturated carbocycles. The number of aliphatic hydroxyl groups excluding tert-OH is 3. The second-order valence-electron chi connectivity index (χ2n) is 3.30. The molecule has 3 N–H and O–H groups in total. The Bertz CT molecular complexity index is 528. The quantitative estimate of drug-likeness (QED) is 0.244. The van der Waals surface area contributed by atoms with Gasteiger partial charge in [-0.25, -0.2) is 0 Å². The molecule has 0 aromatic carbocycles. The molecule has 1 atom stereocenters. The van der Waals surface area contributed by atoms with E-state index in [1.165, 1.54) is 0 Å². The number of hydrogen-bond donors (Lipinski definition) is 3. The molecule has 0 spiro atoms. The van der Waals surface area contributed by atoms with Crippen molar-refractivity contribution in [1.82, 2.24) is 0 Å². The average Bonchev–Trinajstić information content (AvgIpc) is 2.47. The van der Waals surface area contributed by atoms with Crippen molar-refractivity contribution in [2.75, 3.05) is 13.2 Å². The summed E-state index contributed by atoms with van der Waals surface area (Å²) >= 11 is 0. The molecule has 0 heterocycles. The number of hydrogen-bond acceptors (Lipinski definition) is 8. The Balaban J connectivity index is 6.48. The lowest BCUT2D eigenvalue weighted by Crippen LogP contribution is -2.57. The first-order chi connectivity index (χ1) is 10.0. The van der Waals surface area contributed by atoms with E-state index >= 15 is 0 Å². The van der Waals surface area contributed by atoms with Gasteiger partial charge in [0.05, 0.1) is 13.2 Å². The van der Waals surface area contributed by atoms with Crippen LogP contribution in [0.1, 0.15) is 0 Å². The smallest absolute Gasteiger partial charge is 0.286 e. The van der Waals surface area contributed by atoms with E-state index in [0.717, 1.165) is 0 Å². The minimum atomic E-state index is -2.93. The Kier molecular flexibility index (Phi) is 6.97. The van der Waals surface area contributed by atoms with Gasteiger partial charge in [0.25, 0.3) is 5.85 Å². The summed E-state index contributed by atoms with van der Waals surface area (Å²) < 4.78 is 0. The Morgan fingerprint density at radius 3 is 1.81 bits per heavy atom. The zero-order chi connectivity index (χ0) is 16.4. The lowest BCUT2D eigenvalue weighted by Gasteiger charge is -2.41. The van der Waals surface area contributed by atoms with Gasteiger partial charge in [-0.2, -0.15) is 0 Å². The summed E-state index contributed by atoms with van der Waals surface area (Å²) in [7, 11) is 0. The molecule has 0 aliphatic rings. The van der Waals surface area contributed by atoms with E-state index in [2.05, 4.69) is 45.1 Å². The maximum atomic E-state index is 9.73. The first-order valence-corrected chi connectivity index (χ1v) is 4.83. The Labute approximate surface area is 114 Å². The summed E-state index contributed by atoms with van der Waals surface area (Å²) in [5.74, 6) is -2.93. The largest absolute Gasteiger partial charge is 0.413 e. The van der Waals surface area contributed by atoms with Crippen LogP contribution in [0.15, 0.2) is 20.6 Å². The van der Waals surface area contributed by atoms with Crippen LogP contribution < -0.4 is 0 Å². The van der Waals surface area contributed by atoms with Gasteiger partial charge in [0, 0.05) is 19.6 Å². The van der Waals surface area contributed by atoms with Gasteiger partial charge in [-0.1, -0.05) is 5.11 Å².